The minimum atomic E-state index is -0.277. The summed E-state index contributed by atoms with van der Waals surface area (Å²) in [7, 11) is 3.41. The predicted octanol–water partition coefficient (Wildman–Crippen LogP) is 1.35. The number of benzene rings is 1. The SMILES string of the molecule is CNCC(=O)NC(C)(C)Cc1cccc(OC)c1. The molecule has 100 valence electrons. The van der Waals surface area contributed by atoms with E-state index in [0.29, 0.717) is 6.54 Å². The van der Waals surface area contributed by atoms with Crippen LogP contribution in [0.15, 0.2) is 24.3 Å². The molecule has 1 rings (SSSR count). The van der Waals surface area contributed by atoms with E-state index in [9.17, 15) is 4.79 Å². The maximum atomic E-state index is 11.6. The lowest BCUT2D eigenvalue weighted by atomic mass is 9.94. The summed E-state index contributed by atoms with van der Waals surface area (Å²) in [5.41, 5.74) is 0.865. The highest BCUT2D eigenvalue weighted by Crippen LogP contribution is 2.17. The van der Waals surface area contributed by atoms with Gasteiger partial charge in [-0.25, -0.2) is 0 Å². The normalized spacial score (nSPS) is 11.1. The predicted molar refractivity (Wildman–Crippen MR) is 72.8 cm³/mol. The molecule has 0 aliphatic rings. The van der Waals surface area contributed by atoms with Crippen molar-refractivity contribution < 1.29 is 9.53 Å². The van der Waals surface area contributed by atoms with E-state index in [4.69, 9.17) is 4.74 Å². The van der Waals surface area contributed by atoms with Gasteiger partial charge in [0.2, 0.25) is 5.91 Å². The van der Waals surface area contributed by atoms with E-state index >= 15 is 0 Å². The van der Waals surface area contributed by atoms with E-state index in [1.807, 2.05) is 38.1 Å². The first-order valence-corrected chi connectivity index (χ1v) is 6.05. The molecule has 0 heterocycles. The summed E-state index contributed by atoms with van der Waals surface area (Å²) in [5.74, 6) is 0.843. The Labute approximate surface area is 109 Å². The molecule has 0 aliphatic heterocycles. The van der Waals surface area contributed by atoms with E-state index < -0.39 is 0 Å². The lowest BCUT2D eigenvalue weighted by Crippen LogP contribution is -2.47. The summed E-state index contributed by atoms with van der Waals surface area (Å²) in [6, 6.07) is 7.90. The molecule has 0 aromatic heterocycles. The molecular weight excluding hydrogens is 228 g/mol. The summed E-state index contributed by atoms with van der Waals surface area (Å²) in [5, 5.41) is 5.84. The van der Waals surface area contributed by atoms with Gasteiger partial charge in [-0.1, -0.05) is 12.1 Å². The Balaban J connectivity index is 2.66. The lowest BCUT2D eigenvalue weighted by molar-refractivity contribution is -0.121. The molecule has 1 aromatic carbocycles. The standard InChI is InChI=1S/C14H22N2O2/c1-14(2,16-13(17)10-15-3)9-11-6-5-7-12(8-11)18-4/h5-8,15H,9-10H2,1-4H3,(H,16,17). The molecule has 1 amide bonds. The van der Waals surface area contributed by atoms with Crippen LogP contribution in [0, 0.1) is 0 Å². The van der Waals surface area contributed by atoms with Crippen molar-refractivity contribution in [3.8, 4) is 5.75 Å². The molecule has 2 N–H and O–H groups in total. The molecule has 18 heavy (non-hydrogen) atoms. The van der Waals surface area contributed by atoms with Crippen LogP contribution in [0.1, 0.15) is 19.4 Å². The summed E-state index contributed by atoms with van der Waals surface area (Å²) in [6.45, 7) is 4.36. The van der Waals surface area contributed by atoms with Crippen molar-refractivity contribution in [2.45, 2.75) is 25.8 Å². The molecule has 0 saturated carbocycles. The van der Waals surface area contributed by atoms with Crippen LogP contribution in [0.25, 0.3) is 0 Å². The third kappa shape index (κ3) is 4.75. The maximum absolute atomic E-state index is 11.6. The highest BCUT2D eigenvalue weighted by atomic mass is 16.5. The fraction of sp³-hybridized carbons (Fsp3) is 0.500. The van der Waals surface area contributed by atoms with Gasteiger partial charge >= 0.3 is 0 Å². The molecule has 0 unspecified atom stereocenters. The monoisotopic (exact) mass is 250 g/mol. The highest BCUT2D eigenvalue weighted by molar-refractivity contribution is 5.78. The van der Waals surface area contributed by atoms with E-state index in [1.165, 1.54) is 0 Å². The fourth-order valence-electron chi connectivity index (χ4n) is 1.92. The Morgan fingerprint density at radius 3 is 2.72 bits per heavy atom. The molecule has 0 fully saturated rings. The van der Waals surface area contributed by atoms with Gasteiger partial charge in [-0.2, -0.15) is 0 Å². The minimum absolute atomic E-state index is 0.00500. The van der Waals surface area contributed by atoms with Crippen LogP contribution in [-0.4, -0.2) is 32.1 Å². The highest BCUT2D eigenvalue weighted by Gasteiger charge is 2.20. The Hall–Kier alpha value is -1.55. The van der Waals surface area contributed by atoms with Crippen LogP contribution in [-0.2, 0) is 11.2 Å². The first-order valence-electron chi connectivity index (χ1n) is 6.05. The van der Waals surface area contributed by atoms with E-state index in [-0.39, 0.29) is 11.4 Å². The van der Waals surface area contributed by atoms with Crippen LogP contribution < -0.4 is 15.4 Å². The van der Waals surface area contributed by atoms with Crippen molar-refractivity contribution in [2.75, 3.05) is 20.7 Å². The van der Waals surface area contributed by atoms with Crippen LogP contribution in [0.4, 0.5) is 0 Å². The molecule has 0 atom stereocenters. The van der Waals surface area contributed by atoms with Gasteiger partial charge in [0.05, 0.1) is 13.7 Å². The number of methoxy groups -OCH3 is 1. The summed E-state index contributed by atoms with van der Waals surface area (Å²) < 4.78 is 5.19. The van der Waals surface area contributed by atoms with Crippen LogP contribution in [0.2, 0.25) is 0 Å². The van der Waals surface area contributed by atoms with Crippen molar-refractivity contribution in [1.29, 1.82) is 0 Å². The van der Waals surface area contributed by atoms with Crippen molar-refractivity contribution in [3.63, 3.8) is 0 Å². The minimum Gasteiger partial charge on any atom is -0.497 e. The Morgan fingerprint density at radius 2 is 2.11 bits per heavy atom. The van der Waals surface area contributed by atoms with Gasteiger partial charge in [0.25, 0.3) is 0 Å². The van der Waals surface area contributed by atoms with E-state index in [2.05, 4.69) is 10.6 Å². The third-order valence-electron chi connectivity index (χ3n) is 2.60. The molecule has 0 radical (unpaired) electrons. The van der Waals surface area contributed by atoms with Crippen molar-refractivity contribution >= 4 is 5.91 Å². The molecule has 0 spiro atoms. The number of likely N-dealkylation sites (N-methyl/N-ethyl adjacent to an activating group) is 1. The largest absolute Gasteiger partial charge is 0.497 e. The topological polar surface area (TPSA) is 50.4 Å². The average Bonchev–Trinajstić information content (AvgIpc) is 2.28. The number of hydrogen-bond acceptors (Lipinski definition) is 3. The summed E-state index contributed by atoms with van der Waals surface area (Å²) in [4.78, 5) is 11.6. The quantitative estimate of drug-likeness (QED) is 0.801. The van der Waals surface area contributed by atoms with Gasteiger partial charge in [-0.15, -0.1) is 0 Å². The number of carbonyl (C=O) groups excluding carboxylic acids is 1. The van der Waals surface area contributed by atoms with Gasteiger partial charge in [-0.3, -0.25) is 4.79 Å². The number of ether oxygens (including phenoxy) is 1. The van der Waals surface area contributed by atoms with Gasteiger partial charge in [0, 0.05) is 5.54 Å². The smallest absolute Gasteiger partial charge is 0.234 e. The van der Waals surface area contributed by atoms with Gasteiger partial charge in [-0.05, 0) is 45.0 Å². The number of amides is 1. The van der Waals surface area contributed by atoms with Gasteiger partial charge < -0.3 is 15.4 Å². The molecule has 4 nitrogen and oxygen atoms in total. The average molecular weight is 250 g/mol. The van der Waals surface area contributed by atoms with Gasteiger partial charge in [0.1, 0.15) is 5.75 Å². The Bertz CT molecular complexity index is 403. The van der Waals surface area contributed by atoms with Crippen molar-refractivity contribution in [2.24, 2.45) is 0 Å². The Morgan fingerprint density at radius 1 is 1.39 bits per heavy atom. The third-order valence-corrected chi connectivity index (χ3v) is 2.60. The van der Waals surface area contributed by atoms with Crippen LogP contribution in [0.3, 0.4) is 0 Å². The zero-order chi connectivity index (χ0) is 13.6. The van der Waals surface area contributed by atoms with Crippen LogP contribution in [0.5, 0.6) is 5.75 Å². The zero-order valence-electron chi connectivity index (χ0n) is 11.5. The first kappa shape index (κ1) is 14.5. The second kappa shape index (κ2) is 6.40. The molecule has 0 saturated heterocycles. The summed E-state index contributed by atoms with van der Waals surface area (Å²) >= 11 is 0. The molecule has 0 bridgehead atoms. The second-order valence-electron chi connectivity index (χ2n) is 4.99. The number of carbonyl (C=O) groups is 1. The molecule has 4 heteroatoms. The van der Waals surface area contributed by atoms with E-state index in [1.54, 1.807) is 14.2 Å². The zero-order valence-corrected chi connectivity index (χ0v) is 11.5. The number of nitrogens with one attached hydrogen (secondary N) is 2. The molecular formula is C14H22N2O2. The second-order valence-corrected chi connectivity index (χ2v) is 4.99. The number of hydrogen-bond donors (Lipinski definition) is 2. The van der Waals surface area contributed by atoms with Crippen molar-refractivity contribution in [1.82, 2.24) is 10.6 Å². The molecule has 0 aliphatic carbocycles. The maximum Gasteiger partial charge on any atom is 0.234 e. The van der Waals surface area contributed by atoms with E-state index in [0.717, 1.165) is 17.7 Å². The van der Waals surface area contributed by atoms with Crippen molar-refractivity contribution in [3.05, 3.63) is 29.8 Å². The fourth-order valence-corrected chi connectivity index (χ4v) is 1.92. The Kier molecular flexibility index (Phi) is 5.16. The van der Waals surface area contributed by atoms with Gasteiger partial charge in [0.15, 0.2) is 0 Å². The molecule has 1 aromatic rings. The first-order chi connectivity index (χ1) is 8.46. The summed E-state index contributed by atoms with van der Waals surface area (Å²) in [6.07, 6.45) is 0.764. The lowest BCUT2D eigenvalue weighted by Gasteiger charge is -2.26. The number of rotatable bonds is 6. The van der Waals surface area contributed by atoms with Crippen LogP contribution >= 0.6 is 0 Å².